The number of fused-ring (bicyclic) bond motifs is 1. The molecule has 148 valence electrons. The zero-order valence-corrected chi connectivity index (χ0v) is 16.9. The zero-order valence-electron chi connectivity index (χ0n) is 16.9. The summed E-state index contributed by atoms with van der Waals surface area (Å²) in [5.74, 6) is 0.402. The zero-order chi connectivity index (χ0) is 19.6. The number of esters is 1. The smallest absolute Gasteiger partial charge is 0.341 e. The number of pyridine rings is 1. The number of benzene rings is 1. The SMILES string of the molecule is CCOC(=O)c1cnc2ccc(OCC)cc2c1NCCCN(CC)CC. The second-order valence-electron chi connectivity index (χ2n) is 6.19. The standard InChI is InChI=1S/C21H31N3O3/c1-5-24(6-2)13-9-12-22-20-17-14-16(26-7-3)10-11-19(17)23-15-18(20)21(25)27-8-4/h10-11,14-15H,5-9,12-13H2,1-4H3,(H,22,23). The maximum absolute atomic E-state index is 12.4. The molecule has 0 unspecified atom stereocenters. The van der Waals surface area contributed by atoms with E-state index in [4.69, 9.17) is 9.47 Å². The molecule has 2 aromatic rings. The van der Waals surface area contributed by atoms with Crippen LogP contribution in [0.3, 0.4) is 0 Å². The average molecular weight is 373 g/mol. The topological polar surface area (TPSA) is 63.7 Å². The largest absolute Gasteiger partial charge is 0.494 e. The molecule has 1 heterocycles. The van der Waals surface area contributed by atoms with Crippen LogP contribution in [-0.4, -0.2) is 55.2 Å². The molecule has 2 rings (SSSR count). The van der Waals surface area contributed by atoms with Crippen molar-refractivity contribution < 1.29 is 14.3 Å². The molecule has 6 heteroatoms. The lowest BCUT2D eigenvalue weighted by atomic mass is 10.1. The van der Waals surface area contributed by atoms with Gasteiger partial charge in [0.1, 0.15) is 11.3 Å². The number of carbonyl (C=O) groups is 1. The molecule has 1 N–H and O–H groups in total. The summed E-state index contributed by atoms with van der Waals surface area (Å²) in [5, 5.41) is 4.32. The van der Waals surface area contributed by atoms with Gasteiger partial charge >= 0.3 is 5.97 Å². The van der Waals surface area contributed by atoms with Crippen molar-refractivity contribution in [1.82, 2.24) is 9.88 Å². The van der Waals surface area contributed by atoms with E-state index in [9.17, 15) is 4.79 Å². The first kappa shape index (κ1) is 21.0. The van der Waals surface area contributed by atoms with Crippen molar-refractivity contribution in [3.8, 4) is 5.75 Å². The molecule has 0 saturated carbocycles. The van der Waals surface area contributed by atoms with E-state index in [2.05, 4.69) is 29.0 Å². The van der Waals surface area contributed by atoms with Gasteiger partial charge in [-0.2, -0.15) is 0 Å². The molecule has 0 atom stereocenters. The maximum Gasteiger partial charge on any atom is 0.341 e. The normalized spacial score (nSPS) is 11.0. The average Bonchev–Trinajstić information content (AvgIpc) is 2.68. The van der Waals surface area contributed by atoms with E-state index in [0.717, 1.165) is 54.9 Å². The molecule has 0 aliphatic heterocycles. The fraction of sp³-hybridized carbons (Fsp3) is 0.524. The van der Waals surface area contributed by atoms with E-state index in [1.54, 1.807) is 13.1 Å². The molecule has 0 bridgehead atoms. The number of aromatic nitrogens is 1. The van der Waals surface area contributed by atoms with Crippen LogP contribution >= 0.6 is 0 Å². The Morgan fingerprint density at radius 1 is 1.15 bits per heavy atom. The number of anilines is 1. The monoisotopic (exact) mass is 373 g/mol. The first-order valence-electron chi connectivity index (χ1n) is 9.83. The van der Waals surface area contributed by atoms with Crippen molar-refractivity contribution in [1.29, 1.82) is 0 Å². The van der Waals surface area contributed by atoms with Gasteiger partial charge in [-0.1, -0.05) is 13.8 Å². The summed E-state index contributed by atoms with van der Waals surface area (Å²) in [7, 11) is 0. The number of hydrogen-bond donors (Lipinski definition) is 1. The molecule has 6 nitrogen and oxygen atoms in total. The van der Waals surface area contributed by atoms with Gasteiger partial charge in [-0.25, -0.2) is 4.79 Å². The van der Waals surface area contributed by atoms with Crippen LogP contribution in [0.5, 0.6) is 5.75 Å². The van der Waals surface area contributed by atoms with Crippen molar-refractivity contribution in [2.24, 2.45) is 0 Å². The van der Waals surface area contributed by atoms with Gasteiger partial charge in [-0.15, -0.1) is 0 Å². The van der Waals surface area contributed by atoms with E-state index >= 15 is 0 Å². The molecule has 27 heavy (non-hydrogen) atoms. The highest BCUT2D eigenvalue weighted by Crippen LogP contribution is 2.30. The molecule has 0 amide bonds. The van der Waals surface area contributed by atoms with Crippen molar-refractivity contribution >= 4 is 22.6 Å². The van der Waals surface area contributed by atoms with Gasteiger partial charge in [-0.3, -0.25) is 4.98 Å². The molecule has 1 aromatic heterocycles. The lowest BCUT2D eigenvalue weighted by Crippen LogP contribution is -2.25. The van der Waals surface area contributed by atoms with Crippen LogP contribution in [0.15, 0.2) is 24.4 Å². The van der Waals surface area contributed by atoms with Crippen molar-refractivity contribution in [2.75, 3.05) is 44.7 Å². The summed E-state index contributed by atoms with van der Waals surface area (Å²) in [6.45, 7) is 12.9. The fourth-order valence-corrected chi connectivity index (χ4v) is 3.04. The Morgan fingerprint density at radius 3 is 2.59 bits per heavy atom. The highest BCUT2D eigenvalue weighted by molar-refractivity contribution is 6.05. The summed E-state index contributed by atoms with van der Waals surface area (Å²) < 4.78 is 10.8. The quantitative estimate of drug-likeness (QED) is 0.475. The molecule has 0 saturated heterocycles. The first-order chi connectivity index (χ1) is 13.1. The van der Waals surface area contributed by atoms with Crippen LogP contribution in [0, 0.1) is 0 Å². The molecule has 0 fully saturated rings. The summed E-state index contributed by atoms with van der Waals surface area (Å²) in [6.07, 6.45) is 2.58. The Hall–Kier alpha value is -2.34. The van der Waals surface area contributed by atoms with Crippen molar-refractivity contribution in [3.05, 3.63) is 30.0 Å². The molecule has 0 radical (unpaired) electrons. The van der Waals surface area contributed by atoms with Gasteiger partial charge in [0, 0.05) is 18.1 Å². The third kappa shape index (κ3) is 5.57. The second kappa shape index (κ2) is 10.7. The predicted octanol–water partition coefficient (Wildman–Crippen LogP) is 3.95. The highest BCUT2D eigenvalue weighted by atomic mass is 16.5. The van der Waals surface area contributed by atoms with Gasteiger partial charge in [-0.05, 0) is 58.1 Å². The van der Waals surface area contributed by atoms with E-state index < -0.39 is 0 Å². The minimum atomic E-state index is -0.361. The Kier molecular flexibility index (Phi) is 8.33. The van der Waals surface area contributed by atoms with E-state index in [0.29, 0.717) is 18.8 Å². The molecular formula is C21H31N3O3. The minimum absolute atomic E-state index is 0.331. The first-order valence-corrected chi connectivity index (χ1v) is 9.83. The molecule has 0 aliphatic rings. The number of ether oxygens (including phenoxy) is 2. The maximum atomic E-state index is 12.4. The van der Waals surface area contributed by atoms with Crippen LogP contribution in [0.2, 0.25) is 0 Å². The summed E-state index contributed by atoms with van der Waals surface area (Å²) in [4.78, 5) is 19.2. The third-order valence-electron chi connectivity index (χ3n) is 4.49. The fourth-order valence-electron chi connectivity index (χ4n) is 3.04. The van der Waals surface area contributed by atoms with Gasteiger partial charge in [0.15, 0.2) is 0 Å². The predicted molar refractivity (Wildman–Crippen MR) is 110 cm³/mol. The minimum Gasteiger partial charge on any atom is -0.494 e. The Balaban J connectivity index is 2.30. The van der Waals surface area contributed by atoms with Crippen LogP contribution in [0.25, 0.3) is 10.9 Å². The van der Waals surface area contributed by atoms with E-state index in [1.165, 1.54) is 0 Å². The highest BCUT2D eigenvalue weighted by Gasteiger charge is 2.17. The van der Waals surface area contributed by atoms with Crippen LogP contribution < -0.4 is 10.1 Å². The summed E-state index contributed by atoms with van der Waals surface area (Å²) in [6, 6.07) is 5.74. The van der Waals surface area contributed by atoms with E-state index in [-0.39, 0.29) is 5.97 Å². The molecule has 1 aromatic carbocycles. The van der Waals surface area contributed by atoms with Crippen LogP contribution in [0.4, 0.5) is 5.69 Å². The molecule has 0 aliphatic carbocycles. The molecule has 0 spiro atoms. The Bertz CT molecular complexity index is 745. The van der Waals surface area contributed by atoms with Crippen LogP contribution in [0.1, 0.15) is 44.5 Å². The lowest BCUT2D eigenvalue weighted by Gasteiger charge is -2.19. The lowest BCUT2D eigenvalue weighted by molar-refractivity contribution is 0.0527. The number of rotatable bonds is 11. The number of nitrogens with one attached hydrogen (secondary N) is 1. The second-order valence-corrected chi connectivity index (χ2v) is 6.19. The van der Waals surface area contributed by atoms with Gasteiger partial charge in [0.2, 0.25) is 0 Å². The number of hydrogen-bond acceptors (Lipinski definition) is 6. The van der Waals surface area contributed by atoms with Gasteiger partial charge in [0.25, 0.3) is 0 Å². The molecular weight excluding hydrogens is 342 g/mol. The number of carbonyl (C=O) groups excluding carboxylic acids is 1. The van der Waals surface area contributed by atoms with E-state index in [1.807, 2.05) is 25.1 Å². The summed E-state index contributed by atoms with van der Waals surface area (Å²) in [5.41, 5.74) is 2.04. The third-order valence-corrected chi connectivity index (χ3v) is 4.49. The van der Waals surface area contributed by atoms with Crippen molar-refractivity contribution in [3.63, 3.8) is 0 Å². The van der Waals surface area contributed by atoms with Gasteiger partial charge < -0.3 is 19.7 Å². The van der Waals surface area contributed by atoms with Gasteiger partial charge in [0.05, 0.1) is 24.4 Å². The van der Waals surface area contributed by atoms with Crippen molar-refractivity contribution in [2.45, 2.75) is 34.1 Å². The summed E-state index contributed by atoms with van der Waals surface area (Å²) >= 11 is 0. The van der Waals surface area contributed by atoms with Crippen LogP contribution in [-0.2, 0) is 4.74 Å². The Morgan fingerprint density at radius 2 is 1.93 bits per heavy atom. The Labute approximate surface area is 161 Å². The number of nitrogens with zero attached hydrogens (tertiary/aromatic N) is 2.